The number of hydrogen-bond acceptors (Lipinski definition) is 5. The number of methoxy groups -OCH3 is 1. The largest absolute Gasteiger partial charge is 0.507 e. The van der Waals surface area contributed by atoms with Gasteiger partial charge in [0.2, 0.25) is 5.75 Å². The van der Waals surface area contributed by atoms with Gasteiger partial charge in [0, 0.05) is 6.07 Å². The summed E-state index contributed by atoms with van der Waals surface area (Å²) in [6.45, 7) is 1.19. The van der Waals surface area contributed by atoms with Gasteiger partial charge in [0.25, 0.3) is 0 Å². The van der Waals surface area contributed by atoms with Gasteiger partial charge >= 0.3 is 0 Å². The summed E-state index contributed by atoms with van der Waals surface area (Å²) >= 11 is 0. The molecule has 0 spiro atoms. The SMILES string of the molecule is COc1c(O)cc(O)c(C(C)=O)c1O. The highest BCUT2D eigenvalue weighted by Crippen LogP contribution is 2.43. The topological polar surface area (TPSA) is 87.0 Å². The molecule has 0 amide bonds. The first-order chi connectivity index (χ1) is 6.49. The molecule has 0 aromatic heterocycles. The summed E-state index contributed by atoms with van der Waals surface area (Å²) in [6, 6.07) is 0.940. The molecule has 5 nitrogen and oxygen atoms in total. The normalized spacial score (nSPS) is 9.86. The van der Waals surface area contributed by atoms with Crippen LogP contribution in [0.2, 0.25) is 0 Å². The number of carbonyl (C=O) groups is 1. The molecule has 1 aromatic rings. The van der Waals surface area contributed by atoms with Gasteiger partial charge < -0.3 is 20.1 Å². The average molecular weight is 198 g/mol. The van der Waals surface area contributed by atoms with E-state index in [4.69, 9.17) is 0 Å². The smallest absolute Gasteiger partial charge is 0.203 e. The van der Waals surface area contributed by atoms with E-state index < -0.39 is 23.0 Å². The Kier molecular flexibility index (Phi) is 2.51. The predicted molar refractivity (Wildman–Crippen MR) is 48.0 cm³/mol. The molecule has 0 unspecified atom stereocenters. The molecule has 0 fully saturated rings. The Morgan fingerprint density at radius 2 is 1.86 bits per heavy atom. The van der Waals surface area contributed by atoms with Gasteiger partial charge in [0.05, 0.1) is 7.11 Å². The van der Waals surface area contributed by atoms with Crippen molar-refractivity contribution >= 4 is 5.78 Å². The molecule has 0 radical (unpaired) electrons. The van der Waals surface area contributed by atoms with Crippen molar-refractivity contribution in [3.05, 3.63) is 11.6 Å². The summed E-state index contributed by atoms with van der Waals surface area (Å²) in [5, 5.41) is 27.9. The highest BCUT2D eigenvalue weighted by atomic mass is 16.5. The fraction of sp³-hybridized carbons (Fsp3) is 0.222. The van der Waals surface area contributed by atoms with Crippen molar-refractivity contribution in [2.75, 3.05) is 7.11 Å². The summed E-state index contributed by atoms with van der Waals surface area (Å²) in [6.07, 6.45) is 0. The van der Waals surface area contributed by atoms with Crippen molar-refractivity contribution in [1.29, 1.82) is 0 Å². The quantitative estimate of drug-likeness (QED) is 0.617. The van der Waals surface area contributed by atoms with Crippen LogP contribution in [-0.4, -0.2) is 28.2 Å². The molecule has 1 aromatic carbocycles. The monoisotopic (exact) mass is 198 g/mol. The van der Waals surface area contributed by atoms with Crippen LogP contribution >= 0.6 is 0 Å². The fourth-order valence-corrected chi connectivity index (χ4v) is 1.17. The highest BCUT2D eigenvalue weighted by Gasteiger charge is 2.20. The number of aromatic hydroxyl groups is 3. The van der Waals surface area contributed by atoms with Crippen LogP contribution in [0.5, 0.6) is 23.0 Å². The molecule has 0 aliphatic rings. The van der Waals surface area contributed by atoms with Crippen LogP contribution in [0.1, 0.15) is 17.3 Å². The van der Waals surface area contributed by atoms with Crippen molar-refractivity contribution < 1.29 is 24.9 Å². The molecule has 76 valence electrons. The van der Waals surface area contributed by atoms with Gasteiger partial charge in [-0.15, -0.1) is 0 Å². The maximum atomic E-state index is 11.0. The Morgan fingerprint density at radius 1 is 1.29 bits per heavy atom. The number of benzene rings is 1. The van der Waals surface area contributed by atoms with E-state index in [0.29, 0.717) is 0 Å². The van der Waals surface area contributed by atoms with Gasteiger partial charge in [0.1, 0.15) is 11.3 Å². The van der Waals surface area contributed by atoms with Crippen LogP contribution in [-0.2, 0) is 0 Å². The molecular formula is C9H10O5. The molecule has 0 saturated carbocycles. The Bertz CT molecular complexity index is 383. The number of Topliss-reactive ketones (excluding diaryl/α,β-unsaturated/α-hetero) is 1. The standard InChI is InChI=1S/C9H10O5/c1-4(10)7-5(11)3-6(12)9(14-2)8(7)13/h3,11-13H,1-2H3. The lowest BCUT2D eigenvalue weighted by Gasteiger charge is -2.10. The lowest BCUT2D eigenvalue weighted by molar-refractivity contribution is 0.101. The first-order valence-electron chi connectivity index (χ1n) is 3.81. The molecule has 0 saturated heterocycles. The third-order valence-electron chi connectivity index (χ3n) is 1.77. The first kappa shape index (κ1) is 10.2. The molecular weight excluding hydrogens is 188 g/mol. The molecule has 0 heterocycles. The van der Waals surface area contributed by atoms with Crippen LogP contribution in [0.15, 0.2) is 6.07 Å². The summed E-state index contributed by atoms with van der Waals surface area (Å²) in [4.78, 5) is 11.0. The summed E-state index contributed by atoms with van der Waals surface area (Å²) in [5.74, 6) is -2.20. The van der Waals surface area contributed by atoms with Crippen molar-refractivity contribution in [3.8, 4) is 23.0 Å². The Labute approximate surface area is 80.2 Å². The van der Waals surface area contributed by atoms with E-state index in [1.807, 2.05) is 0 Å². The zero-order valence-corrected chi connectivity index (χ0v) is 7.74. The number of ketones is 1. The zero-order chi connectivity index (χ0) is 10.9. The van der Waals surface area contributed by atoms with Gasteiger partial charge in [-0.3, -0.25) is 4.79 Å². The van der Waals surface area contributed by atoms with E-state index in [9.17, 15) is 20.1 Å². The van der Waals surface area contributed by atoms with Gasteiger partial charge in [0.15, 0.2) is 17.3 Å². The minimum atomic E-state index is -0.558. The van der Waals surface area contributed by atoms with Gasteiger partial charge in [-0.25, -0.2) is 0 Å². The number of ether oxygens (including phenoxy) is 1. The van der Waals surface area contributed by atoms with Crippen molar-refractivity contribution in [2.24, 2.45) is 0 Å². The summed E-state index contributed by atoms with van der Waals surface area (Å²) in [7, 11) is 1.23. The molecule has 5 heteroatoms. The second-order valence-corrected chi connectivity index (χ2v) is 2.73. The Balaban J connectivity index is 3.52. The first-order valence-corrected chi connectivity index (χ1v) is 3.81. The zero-order valence-electron chi connectivity index (χ0n) is 7.74. The lowest BCUT2D eigenvalue weighted by atomic mass is 10.1. The van der Waals surface area contributed by atoms with E-state index >= 15 is 0 Å². The van der Waals surface area contributed by atoms with Crippen LogP contribution in [0.3, 0.4) is 0 Å². The predicted octanol–water partition coefficient (Wildman–Crippen LogP) is 1.01. The van der Waals surface area contributed by atoms with Crippen LogP contribution in [0, 0.1) is 0 Å². The minimum Gasteiger partial charge on any atom is -0.507 e. The van der Waals surface area contributed by atoms with Crippen molar-refractivity contribution in [3.63, 3.8) is 0 Å². The van der Waals surface area contributed by atoms with Gasteiger partial charge in [-0.2, -0.15) is 0 Å². The minimum absolute atomic E-state index is 0.229. The molecule has 0 atom stereocenters. The van der Waals surface area contributed by atoms with E-state index in [-0.39, 0.29) is 11.3 Å². The molecule has 0 bridgehead atoms. The maximum Gasteiger partial charge on any atom is 0.203 e. The van der Waals surface area contributed by atoms with E-state index in [2.05, 4.69) is 4.74 Å². The van der Waals surface area contributed by atoms with Crippen LogP contribution < -0.4 is 4.74 Å². The van der Waals surface area contributed by atoms with Crippen LogP contribution in [0.4, 0.5) is 0 Å². The summed E-state index contributed by atoms with van der Waals surface area (Å²) in [5.41, 5.74) is -0.264. The molecule has 0 aliphatic carbocycles. The fourth-order valence-electron chi connectivity index (χ4n) is 1.17. The molecule has 0 aliphatic heterocycles. The van der Waals surface area contributed by atoms with E-state index in [1.165, 1.54) is 14.0 Å². The second-order valence-electron chi connectivity index (χ2n) is 2.73. The van der Waals surface area contributed by atoms with E-state index in [1.54, 1.807) is 0 Å². The summed E-state index contributed by atoms with van der Waals surface area (Å²) < 4.78 is 4.66. The Hall–Kier alpha value is -1.91. The molecule has 3 N–H and O–H groups in total. The maximum absolute atomic E-state index is 11.0. The Morgan fingerprint density at radius 3 is 2.29 bits per heavy atom. The van der Waals surface area contributed by atoms with Gasteiger partial charge in [-0.1, -0.05) is 0 Å². The van der Waals surface area contributed by atoms with Crippen molar-refractivity contribution in [2.45, 2.75) is 6.92 Å². The average Bonchev–Trinajstić information content (AvgIpc) is 2.02. The van der Waals surface area contributed by atoms with Gasteiger partial charge in [-0.05, 0) is 6.92 Å². The number of rotatable bonds is 2. The molecule has 1 rings (SSSR count). The van der Waals surface area contributed by atoms with Crippen LogP contribution in [0.25, 0.3) is 0 Å². The number of phenolic OH excluding ortho intramolecular Hbond substituents is 3. The highest BCUT2D eigenvalue weighted by molar-refractivity contribution is 6.00. The second kappa shape index (κ2) is 3.45. The number of phenols is 3. The number of hydrogen-bond donors (Lipinski definition) is 3. The van der Waals surface area contributed by atoms with E-state index in [0.717, 1.165) is 6.07 Å². The third kappa shape index (κ3) is 1.44. The van der Waals surface area contributed by atoms with Crippen molar-refractivity contribution in [1.82, 2.24) is 0 Å². The third-order valence-corrected chi connectivity index (χ3v) is 1.77. The lowest BCUT2D eigenvalue weighted by Crippen LogP contribution is -1.96. The number of carbonyl (C=O) groups excluding carboxylic acids is 1. The molecule has 14 heavy (non-hydrogen) atoms.